The van der Waals surface area contributed by atoms with E-state index in [1.54, 1.807) is 5.56 Å². The zero-order valence-electron chi connectivity index (χ0n) is 8.56. The number of aryl methyl sites for hydroxylation is 3. The van der Waals surface area contributed by atoms with Gasteiger partial charge >= 0.3 is 0 Å². The van der Waals surface area contributed by atoms with Crippen LogP contribution in [0.15, 0.2) is 18.2 Å². The summed E-state index contributed by atoms with van der Waals surface area (Å²) in [7, 11) is 0. The minimum absolute atomic E-state index is 1.24. The fourth-order valence-electron chi connectivity index (χ4n) is 2.65. The molecule has 1 aromatic carbocycles. The van der Waals surface area contributed by atoms with Crippen molar-refractivity contribution in [2.75, 3.05) is 0 Å². The topological polar surface area (TPSA) is 15.8 Å². The molecule has 0 spiro atoms. The Kier molecular flexibility index (Phi) is 1.66. The lowest BCUT2D eigenvalue weighted by atomic mass is 9.94. The first-order chi connectivity index (χ1) is 6.86. The van der Waals surface area contributed by atoms with Crippen LogP contribution in [0, 0.1) is 6.92 Å². The molecule has 0 aliphatic heterocycles. The van der Waals surface area contributed by atoms with Gasteiger partial charge in [-0.2, -0.15) is 0 Å². The van der Waals surface area contributed by atoms with Crippen LogP contribution in [0.2, 0.25) is 0 Å². The van der Waals surface area contributed by atoms with Crippen molar-refractivity contribution in [1.82, 2.24) is 4.98 Å². The summed E-state index contributed by atoms with van der Waals surface area (Å²) in [6.07, 6.45) is 5.21. The molecule has 0 fully saturated rings. The number of hydrogen-bond donors (Lipinski definition) is 1. The highest BCUT2D eigenvalue weighted by atomic mass is 14.7. The van der Waals surface area contributed by atoms with Crippen molar-refractivity contribution in [2.24, 2.45) is 0 Å². The minimum Gasteiger partial charge on any atom is -0.358 e. The molecule has 72 valence electrons. The van der Waals surface area contributed by atoms with Crippen LogP contribution < -0.4 is 0 Å². The van der Waals surface area contributed by atoms with Gasteiger partial charge in [0.15, 0.2) is 0 Å². The third-order valence-corrected chi connectivity index (χ3v) is 3.33. The van der Waals surface area contributed by atoms with E-state index in [1.165, 1.54) is 47.8 Å². The Labute approximate surface area is 84.1 Å². The molecule has 1 N–H and O–H groups in total. The van der Waals surface area contributed by atoms with Crippen molar-refractivity contribution in [3.05, 3.63) is 35.0 Å². The van der Waals surface area contributed by atoms with Gasteiger partial charge in [0.1, 0.15) is 0 Å². The molecule has 2 aromatic rings. The van der Waals surface area contributed by atoms with Crippen LogP contribution in [0.25, 0.3) is 10.9 Å². The molecule has 0 bridgehead atoms. The Hall–Kier alpha value is -1.24. The molecule has 0 saturated carbocycles. The Bertz CT molecular complexity index is 479. The number of nitrogens with one attached hydrogen (secondary N) is 1. The first-order valence-corrected chi connectivity index (χ1v) is 5.45. The molecule has 0 atom stereocenters. The maximum absolute atomic E-state index is 3.56. The Morgan fingerprint density at radius 2 is 2.00 bits per heavy atom. The van der Waals surface area contributed by atoms with E-state index in [1.807, 2.05) is 0 Å². The highest BCUT2D eigenvalue weighted by Crippen LogP contribution is 2.30. The largest absolute Gasteiger partial charge is 0.358 e. The van der Waals surface area contributed by atoms with Gasteiger partial charge in [0, 0.05) is 16.6 Å². The van der Waals surface area contributed by atoms with Crippen molar-refractivity contribution >= 4 is 10.9 Å². The lowest BCUT2D eigenvalue weighted by Crippen LogP contribution is -2.00. The van der Waals surface area contributed by atoms with Gasteiger partial charge in [-0.3, -0.25) is 0 Å². The predicted octanol–water partition coefficient (Wildman–Crippen LogP) is 3.36. The van der Waals surface area contributed by atoms with E-state index in [4.69, 9.17) is 0 Å². The van der Waals surface area contributed by atoms with Crippen LogP contribution in [-0.2, 0) is 12.8 Å². The zero-order valence-corrected chi connectivity index (χ0v) is 8.56. The fraction of sp³-hybridized carbons (Fsp3) is 0.385. The van der Waals surface area contributed by atoms with Gasteiger partial charge in [0.2, 0.25) is 0 Å². The zero-order chi connectivity index (χ0) is 9.54. The van der Waals surface area contributed by atoms with Gasteiger partial charge < -0.3 is 4.98 Å². The van der Waals surface area contributed by atoms with Crippen LogP contribution in [0.5, 0.6) is 0 Å². The van der Waals surface area contributed by atoms with Gasteiger partial charge in [-0.05, 0) is 49.8 Å². The second-order valence-corrected chi connectivity index (χ2v) is 4.29. The number of aromatic amines is 1. The van der Waals surface area contributed by atoms with E-state index in [0.717, 1.165) is 0 Å². The third-order valence-electron chi connectivity index (χ3n) is 3.33. The maximum Gasteiger partial charge on any atom is 0.0461 e. The molecule has 14 heavy (non-hydrogen) atoms. The lowest BCUT2D eigenvalue weighted by Gasteiger charge is -2.10. The summed E-state index contributed by atoms with van der Waals surface area (Å²) in [5.74, 6) is 0. The molecule has 3 rings (SSSR count). The Balaban J connectivity index is 2.38. The first kappa shape index (κ1) is 8.10. The summed E-state index contributed by atoms with van der Waals surface area (Å²) in [6, 6.07) is 6.55. The lowest BCUT2D eigenvalue weighted by molar-refractivity contribution is 0.680. The summed E-state index contributed by atoms with van der Waals surface area (Å²) in [6.45, 7) is 2.21. The van der Waals surface area contributed by atoms with Crippen molar-refractivity contribution < 1.29 is 0 Å². The number of hydrogen-bond acceptors (Lipinski definition) is 0. The minimum atomic E-state index is 1.24. The number of benzene rings is 1. The number of aromatic nitrogens is 1. The van der Waals surface area contributed by atoms with Crippen LogP contribution in [0.3, 0.4) is 0 Å². The summed E-state index contributed by atoms with van der Waals surface area (Å²) in [5.41, 5.74) is 5.82. The number of H-pyrrole nitrogens is 1. The molecule has 1 nitrogen and oxygen atoms in total. The van der Waals surface area contributed by atoms with Crippen molar-refractivity contribution in [2.45, 2.75) is 32.6 Å². The number of rotatable bonds is 0. The Morgan fingerprint density at radius 3 is 2.93 bits per heavy atom. The van der Waals surface area contributed by atoms with Gasteiger partial charge in [0.25, 0.3) is 0 Å². The predicted molar refractivity (Wildman–Crippen MR) is 59.7 cm³/mol. The average Bonchev–Trinajstić information content (AvgIpc) is 2.57. The van der Waals surface area contributed by atoms with Gasteiger partial charge in [-0.15, -0.1) is 0 Å². The van der Waals surface area contributed by atoms with E-state index in [-0.39, 0.29) is 0 Å². The molecule has 1 heterocycles. The van der Waals surface area contributed by atoms with Crippen molar-refractivity contribution in [1.29, 1.82) is 0 Å². The standard InChI is InChI=1S/C13H15N/c1-9-5-4-8-12-13(9)10-6-2-3-7-11(10)14-12/h4-5,8,14H,2-3,6-7H2,1H3. The summed E-state index contributed by atoms with van der Waals surface area (Å²) in [4.78, 5) is 3.56. The van der Waals surface area contributed by atoms with Crippen LogP contribution >= 0.6 is 0 Å². The second kappa shape index (κ2) is 2.88. The highest BCUT2D eigenvalue weighted by molar-refractivity contribution is 5.88. The van der Waals surface area contributed by atoms with Crippen LogP contribution in [0.4, 0.5) is 0 Å². The Morgan fingerprint density at radius 1 is 1.14 bits per heavy atom. The van der Waals surface area contributed by atoms with E-state index in [2.05, 4.69) is 30.1 Å². The molecule has 0 saturated heterocycles. The van der Waals surface area contributed by atoms with E-state index in [9.17, 15) is 0 Å². The maximum atomic E-state index is 3.56. The van der Waals surface area contributed by atoms with E-state index >= 15 is 0 Å². The number of fused-ring (bicyclic) bond motifs is 3. The molecular formula is C13H15N. The molecular weight excluding hydrogens is 170 g/mol. The van der Waals surface area contributed by atoms with Gasteiger partial charge in [0.05, 0.1) is 0 Å². The normalized spacial score (nSPS) is 15.8. The van der Waals surface area contributed by atoms with Crippen molar-refractivity contribution in [3.63, 3.8) is 0 Å². The summed E-state index contributed by atoms with van der Waals surface area (Å²) >= 11 is 0. The van der Waals surface area contributed by atoms with E-state index in [0.29, 0.717) is 0 Å². The summed E-state index contributed by atoms with van der Waals surface area (Å²) in [5, 5.41) is 1.49. The molecule has 0 unspecified atom stereocenters. The van der Waals surface area contributed by atoms with Gasteiger partial charge in [-0.1, -0.05) is 12.1 Å². The van der Waals surface area contributed by atoms with Gasteiger partial charge in [-0.25, -0.2) is 0 Å². The average molecular weight is 185 g/mol. The van der Waals surface area contributed by atoms with E-state index < -0.39 is 0 Å². The molecule has 0 amide bonds. The van der Waals surface area contributed by atoms with Crippen molar-refractivity contribution in [3.8, 4) is 0 Å². The monoisotopic (exact) mass is 185 g/mol. The first-order valence-electron chi connectivity index (χ1n) is 5.45. The molecule has 1 heteroatoms. The molecule has 1 aromatic heterocycles. The summed E-state index contributed by atoms with van der Waals surface area (Å²) < 4.78 is 0. The van der Waals surface area contributed by atoms with Crippen LogP contribution in [0.1, 0.15) is 29.7 Å². The quantitative estimate of drug-likeness (QED) is 0.647. The highest BCUT2D eigenvalue weighted by Gasteiger charge is 2.15. The van der Waals surface area contributed by atoms with Crippen LogP contribution in [-0.4, -0.2) is 4.98 Å². The fourth-order valence-corrected chi connectivity index (χ4v) is 2.65. The second-order valence-electron chi connectivity index (χ2n) is 4.29. The SMILES string of the molecule is Cc1cccc2[nH]c3c(c12)CCCC3. The molecule has 1 aliphatic rings. The molecule has 1 aliphatic carbocycles. The third kappa shape index (κ3) is 1.02. The molecule has 0 radical (unpaired) electrons. The smallest absolute Gasteiger partial charge is 0.0461 e.